The van der Waals surface area contributed by atoms with Gasteiger partial charge in [-0.15, -0.1) is 6.58 Å². The Morgan fingerprint density at radius 2 is 2.18 bits per heavy atom. The standard InChI is InChI=1S/C12H12BrF2NO/c1-2-3-10(16)11(17)6-7-9(14)5-4-8(13)12(7)15/h2,4-5,10H,1,3,6,16H2. The summed E-state index contributed by atoms with van der Waals surface area (Å²) in [6.45, 7) is 3.45. The first-order chi connectivity index (χ1) is 7.97. The van der Waals surface area contributed by atoms with Gasteiger partial charge in [0.25, 0.3) is 0 Å². The average Bonchev–Trinajstić information content (AvgIpc) is 2.29. The summed E-state index contributed by atoms with van der Waals surface area (Å²) in [5.41, 5.74) is 5.28. The van der Waals surface area contributed by atoms with E-state index in [4.69, 9.17) is 5.73 Å². The zero-order chi connectivity index (χ0) is 13.0. The first kappa shape index (κ1) is 14.0. The van der Waals surface area contributed by atoms with Crippen LogP contribution in [0.1, 0.15) is 12.0 Å². The summed E-state index contributed by atoms with van der Waals surface area (Å²) in [6, 6.07) is 1.59. The number of carbonyl (C=O) groups excluding carboxylic acids is 1. The predicted molar refractivity (Wildman–Crippen MR) is 65.6 cm³/mol. The number of carbonyl (C=O) groups is 1. The van der Waals surface area contributed by atoms with Crippen molar-refractivity contribution in [3.8, 4) is 0 Å². The Hall–Kier alpha value is -1.07. The lowest BCUT2D eigenvalue weighted by Crippen LogP contribution is -2.31. The van der Waals surface area contributed by atoms with Gasteiger partial charge >= 0.3 is 0 Å². The second-order valence-corrected chi connectivity index (χ2v) is 4.45. The van der Waals surface area contributed by atoms with Gasteiger partial charge in [0.05, 0.1) is 10.5 Å². The van der Waals surface area contributed by atoms with Crippen LogP contribution in [0, 0.1) is 11.6 Å². The van der Waals surface area contributed by atoms with Crippen molar-refractivity contribution in [2.45, 2.75) is 18.9 Å². The smallest absolute Gasteiger partial charge is 0.154 e. The summed E-state index contributed by atoms with van der Waals surface area (Å²) >= 11 is 2.94. The minimum Gasteiger partial charge on any atom is -0.321 e. The molecule has 0 heterocycles. The van der Waals surface area contributed by atoms with Crippen molar-refractivity contribution >= 4 is 21.7 Å². The molecule has 1 rings (SSSR count). The molecule has 0 aromatic heterocycles. The monoisotopic (exact) mass is 303 g/mol. The first-order valence-corrected chi connectivity index (χ1v) is 5.78. The Morgan fingerprint density at radius 3 is 2.76 bits per heavy atom. The average molecular weight is 304 g/mol. The molecular weight excluding hydrogens is 292 g/mol. The number of nitrogens with two attached hydrogens (primary N) is 1. The fourth-order valence-corrected chi connectivity index (χ4v) is 1.72. The topological polar surface area (TPSA) is 43.1 Å². The van der Waals surface area contributed by atoms with E-state index in [2.05, 4.69) is 22.5 Å². The molecule has 0 saturated carbocycles. The van der Waals surface area contributed by atoms with E-state index in [9.17, 15) is 13.6 Å². The third-order valence-electron chi connectivity index (χ3n) is 2.32. The zero-order valence-corrected chi connectivity index (χ0v) is 10.6. The van der Waals surface area contributed by atoms with Crippen LogP contribution >= 0.6 is 15.9 Å². The first-order valence-electron chi connectivity index (χ1n) is 4.99. The van der Waals surface area contributed by atoms with E-state index in [-0.39, 0.29) is 22.9 Å². The molecular formula is C12H12BrF2NO. The molecule has 1 unspecified atom stereocenters. The van der Waals surface area contributed by atoms with Crippen molar-refractivity contribution in [3.63, 3.8) is 0 Å². The van der Waals surface area contributed by atoms with Crippen LogP contribution < -0.4 is 5.73 Å². The number of halogens is 3. The van der Waals surface area contributed by atoms with E-state index in [1.54, 1.807) is 0 Å². The number of benzene rings is 1. The zero-order valence-electron chi connectivity index (χ0n) is 9.05. The molecule has 0 aliphatic heterocycles. The third-order valence-corrected chi connectivity index (χ3v) is 2.94. The van der Waals surface area contributed by atoms with Crippen LogP contribution in [0.3, 0.4) is 0 Å². The normalized spacial score (nSPS) is 12.2. The van der Waals surface area contributed by atoms with Crippen molar-refractivity contribution in [1.82, 2.24) is 0 Å². The van der Waals surface area contributed by atoms with Crippen molar-refractivity contribution in [1.29, 1.82) is 0 Å². The van der Waals surface area contributed by atoms with Crippen LogP contribution in [-0.4, -0.2) is 11.8 Å². The lowest BCUT2D eigenvalue weighted by molar-refractivity contribution is -0.119. The van der Waals surface area contributed by atoms with Gasteiger partial charge in [0, 0.05) is 12.0 Å². The second-order valence-electron chi connectivity index (χ2n) is 3.60. The van der Waals surface area contributed by atoms with Crippen LogP contribution in [0.5, 0.6) is 0 Å². The Kier molecular flexibility index (Phi) is 4.96. The Labute approximate surface area is 107 Å². The highest BCUT2D eigenvalue weighted by Gasteiger charge is 2.19. The predicted octanol–water partition coefficient (Wildman–Crippen LogP) is 2.74. The van der Waals surface area contributed by atoms with E-state index >= 15 is 0 Å². The summed E-state index contributed by atoms with van der Waals surface area (Å²) in [5, 5.41) is 0. The van der Waals surface area contributed by atoms with Crippen LogP contribution in [0.2, 0.25) is 0 Å². The lowest BCUT2D eigenvalue weighted by Gasteiger charge is -2.10. The number of rotatable bonds is 5. The molecule has 2 N–H and O–H groups in total. The number of hydrogen-bond acceptors (Lipinski definition) is 2. The highest BCUT2D eigenvalue weighted by atomic mass is 79.9. The number of hydrogen-bond donors (Lipinski definition) is 1. The van der Waals surface area contributed by atoms with Crippen molar-refractivity contribution < 1.29 is 13.6 Å². The summed E-state index contributed by atoms with van der Waals surface area (Å²) in [4.78, 5) is 11.6. The minimum absolute atomic E-state index is 0.124. The molecule has 0 aliphatic rings. The summed E-state index contributed by atoms with van der Waals surface area (Å²) < 4.78 is 27.1. The lowest BCUT2D eigenvalue weighted by atomic mass is 10.0. The second kappa shape index (κ2) is 6.02. The highest BCUT2D eigenvalue weighted by molar-refractivity contribution is 9.10. The molecule has 0 spiro atoms. The van der Waals surface area contributed by atoms with Gasteiger partial charge in [-0.2, -0.15) is 0 Å². The molecule has 0 radical (unpaired) electrons. The van der Waals surface area contributed by atoms with Gasteiger partial charge in [0.2, 0.25) is 0 Å². The molecule has 0 amide bonds. The van der Waals surface area contributed by atoms with Gasteiger partial charge in [-0.1, -0.05) is 6.08 Å². The Balaban J connectivity index is 2.92. The molecule has 0 bridgehead atoms. The number of Topliss-reactive ketones (excluding diaryl/α,β-unsaturated/α-hetero) is 1. The highest BCUT2D eigenvalue weighted by Crippen LogP contribution is 2.22. The Morgan fingerprint density at radius 1 is 1.53 bits per heavy atom. The SMILES string of the molecule is C=CCC(N)C(=O)Cc1c(F)ccc(Br)c1F. The quantitative estimate of drug-likeness (QED) is 0.671. The van der Waals surface area contributed by atoms with Gasteiger partial charge in [0.15, 0.2) is 5.78 Å². The van der Waals surface area contributed by atoms with E-state index in [0.29, 0.717) is 0 Å². The van der Waals surface area contributed by atoms with Crippen LogP contribution in [-0.2, 0) is 11.2 Å². The molecule has 0 fully saturated rings. The largest absolute Gasteiger partial charge is 0.321 e. The summed E-state index contributed by atoms with van der Waals surface area (Å²) in [7, 11) is 0. The molecule has 0 aliphatic carbocycles. The summed E-state index contributed by atoms with van der Waals surface area (Å²) in [6.07, 6.45) is 1.43. The molecule has 17 heavy (non-hydrogen) atoms. The van der Waals surface area contributed by atoms with Gasteiger partial charge in [-0.25, -0.2) is 8.78 Å². The maximum atomic E-state index is 13.6. The Bertz CT molecular complexity index is 448. The molecule has 1 atom stereocenters. The molecule has 1 aromatic carbocycles. The van der Waals surface area contributed by atoms with Gasteiger partial charge in [0.1, 0.15) is 11.6 Å². The van der Waals surface area contributed by atoms with E-state index < -0.39 is 23.5 Å². The van der Waals surface area contributed by atoms with Crippen LogP contribution in [0.25, 0.3) is 0 Å². The fourth-order valence-electron chi connectivity index (χ4n) is 1.35. The van der Waals surface area contributed by atoms with Crippen molar-refractivity contribution in [3.05, 3.63) is 46.5 Å². The maximum Gasteiger partial charge on any atom is 0.154 e. The van der Waals surface area contributed by atoms with Crippen LogP contribution in [0.15, 0.2) is 29.3 Å². The van der Waals surface area contributed by atoms with Crippen molar-refractivity contribution in [2.75, 3.05) is 0 Å². The minimum atomic E-state index is -0.773. The molecule has 0 saturated heterocycles. The number of ketones is 1. The molecule has 5 heteroatoms. The van der Waals surface area contributed by atoms with Gasteiger partial charge < -0.3 is 5.73 Å². The summed E-state index contributed by atoms with van der Waals surface area (Å²) in [5.74, 6) is -1.92. The maximum absolute atomic E-state index is 13.6. The van der Waals surface area contributed by atoms with E-state index in [0.717, 1.165) is 6.07 Å². The van der Waals surface area contributed by atoms with E-state index in [1.807, 2.05) is 0 Å². The molecule has 92 valence electrons. The van der Waals surface area contributed by atoms with Crippen LogP contribution in [0.4, 0.5) is 8.78 Å². The fraction of sp³-hybridized carbons (Fsp3) is 0.250. The van der Waals surface area contributed by atoms with Gasteiger partial charge in [-0.3, -0.25) is 4.79 Å². The van der Waals surface area contributed by atoms with E-state index in [1.165, 1.54) is 12.1 Å². The van der Waals surface area contributed by atoms with Gasteiger partial charge in [-0.05, 0) is 34.5 Å². The molecule has 1 aromatic rings. The van der Waals surface area contributed by atoms with Crippen molar-refractivity contribution in [2.24, 2.45) is 5.73 Å². The molecule has 2 nitrogen and oxygen atoms in total. The third kappa shape index (κ3) is 3.44.